The molecule has 0 atom stereocenters. The molecule has 0 aliphatic carbocycles. The lowest BCUT2D eigenvalue weighted by atomic mass is 10.2. The highest BCUT2D eigenvalue weighted by atomic mass is 35.5. The molecule has 3 aromatic rings. The standard InChI is InChI=1S/C22H17ClF3NO2S/c23-17-10-8-15(9-11-17)14-30-20-7-2-1-6-19(20)27-21(28)13-29-18-5-3-4-16(12-18)22(24,25)26/h1-12H,13-14H2,(H,27,28). The molecule has 156 valence electrons. The molecule has 0 aliphatic rings. The van der Waals surface area contributed by atoms with E-state index in [0.29, 0.717) is 16.5 Å². The number of carbonyl (C=O) groups is 1. The minimum Gasteiger partial charge on any atom is -0.484 e. The molecule has 1 amide bonds. The van der Waals surface area contributed by atoms with Gasteiger partial charge < -0.3 is 10.1 Å². The van der Waals surface area contributed by atoms with E-state index in [2.05, 4.69) is 5.32 Å². The molecule has 8 heteroatoms. The van der Waals surface area contributed by atoms with Crippen molar-refractivity contribution in [1.29, 1.82) is 0 Å². The zero-order chi connectivity index (χ0) is 21.6. The monoisotopic (exact) mass is 451 g/mol. The van der Waals surface area contributed by atoms with E-state index in [1.54, 1.807) is 23.9 Å². The zero-order valence-corrected chi connectivity index (χ0v) is 17.2. The summed E-state index contributed by atoms with van der Waals surface area (Å²) in [6.07, 6.45) is -4.47. The molecule has 3 nitrogen and oxygen atoms in total. The highest BCUT2D eigenvalue weighted by molar-refractivity contribution is 7.98. The number of hydrogen-bond donors (Lipinski definition) is 1. The van der Waals surface area contributed by atoms with Gasteiger partial charge >= 0.3 is 6.18 Å². The van der Waals surface area contributed by atoms with E-state index >= 15 is 0 Å². The van der Waals surface area contributed by atoms with Gasteiger partial charge in [0, 0.05) is 15.7 Å². The number of thioether (sulfide) groups is 1. The van der Waals surface area contributed by atoms with Crippen LogP contribution in [0.4, 0.5) is 18.9 Å². The first-order valence-corrected chi connectivity index (χ1v) is 10.2. The molecule has 0 bridgehead atoms. The third kappa shape index (κ3) is 6.43. The van der Waals surface area contributed by atoms with Crippen molar-refractivity contribution in [1.82, 2.24) is 0 Å². The van der Waals surface area contributed by atoms with Crippen molar-refractivity contribution in [2.24, 2.45) is 0 Å². The van der Waals surface area contributed by atoms with E-state index in [-0.39, 0.29) is 5.75 Å². The molecule has 3 rings (SSSR count). The van der Waals surface area contributed by atoms with Crippen molar-refractivity contribution in [3.8, 4) is 5.75 Å². The van der Waals surface area contributed by atoms with Crippen molar-refractivity contribution in [2.45, 2.75) is 16.8 Å². The van der Waals surface area contributed by atoms with Crippen molar-refractivity contribution in [2.75, 3.05) is 11.9 Å². The van der Waals surface area contributed by atoms with Gasteiger partial charge in [-0.05, 0) is 48.0 Å². The fraction of sp³-hybridized carbons (Fsp3) is 0.136. The van der Waals surface area contributed by atoms with Crippen LogP contribution in [0.3, 0.4) is 0 Å². The SMILES string of the molecule is O=C(COc1cccc(C(F)(F)F)c1)Nc1ccccc1SCc1ccc(Cl)cc1. The first kappa shape index (κ1) is 22.1. The average Bonchev–Trinajstić information content (AvgIpc) is 2.72. The Morgan fingerprint density at radius 3 is 2.47 bits per heavy atom. The number of benzene rings is 3. The van der Waals surface area contributed by atoms with Crippen LogP contribution in [0.1, 0.15) is 11.1 Å². The molecule has 30 heavy (non-hydrogen) atoms. The van der Waals surface area contributed by atoms with Gasteiger partial charge in [0.25, 0.3) is 5.91 Å². The normalized spacial score (nSPS) is 11.2. The van der Waals surface area contributed by atoms with Gasteiger partial charge in [0.05, 0.1) is 11.3 Å². The molecule has 0 fully saturated rings. The maximum atomic E-state index is 12.8. The summed E-state index contributed by atoms with van der Waals surface area (Å²) in [5, 5.41) is 3.41. The van der Waals surface area contributed by atoms with Crippen LogP contribution in [0.5, 0.6) is 5.75 Å². The van der Waals surface area contributed by atoms with Crippen LogP contribution < -0.4 is 10.1 Å². The van der Waals surface area contributed by atoms with Gasteiger partial charge in [-0.3, -0.25) is 4.79 Å². The van der Waals surface area contributed by atoms with Gasteiger partial charge in [-0.15, -0.1) is 11.8 Å². The molecular weight excluding hydrogens is 435 g/mol. The second-order valence-corrected chi connectivity index (χ2v) is 7.73. The predicted octanol–water partition coefficient (Wildman–Crippen LogP) is 6.67. The van der Waals surface area contributed by atoms with Gasteiger partial charge in [0.1, 0.15) is 5.75 Å². The van der Waals surface area contributed by atoms with E-state index in [1.165, 1.54) is 12.1 Å². The number of para-hydroxylation sites is 1. The Morgan fingerprint density at radius 2 is 1.73 bits per heavy atom. The Bertz CT molecular complexity index is 1010. The van der Waals surface area contributed by atoms with E-state index in [0.717, 1.165) is 22.6 Å². The van der Waals surface area contributed by atoms with Gasteiger partial charge in [0.2, 0.25) is 0 Å². The Morgan fingerprint density at radius 1 is 1.00 bits per heavy atom. The highest BCUT2D eigenvalue weighted by Gasteiger charge is 2.30. The fourth-order valence-corrected chi connectivity index (χ4v) is 3.62. The van der Waals surface area contributed by atoms with E-state index in [1.807, 2.05) is 36.4 Å². The van der Waals surface area contributed by atoms with Crippen LogP contribution in [0.2, 0.25) is 5.02 Å². The third-order valence-electron chi connectivity index (χ3n) is 4.00. The predicted molar refractivity (Wildman–Crippen MR) is 113 cm³/mol. The first-order valence-electron chi connectivity index (χ1n) is 8.87. The fourth-order valence-electron chi connectivity index (χ4n) is 2.53. The lowest BCUT2D eigenvalue weighted by Crippen LogP contribution is -2.20. The maximum Gasteiger partial charge on any atom is 0.416 e. The summed E-state index contributed by atoms with van der Waals surface area (Å²) in [5.74, 6) is 0.197. The summed E-state index contributed by atoms with van der Waals surface area (Å²) < 4.78 is 43.5. The lowest BCUT2D eigenvalue weighted by Gasteiger charge is -2.12. The number of nitrogens with one attached hydrogen (secondary N) is 1. The van der Waals surface area contributed by atoms with Gasteiger partial charge in [-0.2, -0.15) is 13.2 Å². The first-order chi connectivity index (χ1) is 14.3. The Kier molecular flexibility index (Phi) is 7.29. The molecule has 0 saturated carbocycles. The highest BCUT2D eigenvalue weighted by Crippen LogP contribution is 2.32. The molecular formula is C22H17ClF3NO2S. The van der Waals surface area contributed by atoms with Crippen LogP contribution >= 0.6 is 23.4 Å². The average molecular weight is 452 g/mol. The second kappa shape index (κ2) is 9.91. The van der Waals surface area contributed by atoms with Crippen LogP contribution in [0.25, 0.3) is 0 Å². The third-order valence-corrected chi connectivity index (χ3v) is 5.40. The summed E-state index contributed by atoms with van der Waals surface area (Å²) in [4.78, 5) is 13.1. The second-order valence-electron chi connectivity index (χ2n) is 6.27. The molecule has 0 aromatic heterocycles. The van der Waals surface area contributed by atoms with Crippen molar-refractivity contribution in [3.05, 3.63) is 88.9 Å². The topological polar surface area (TPSA) is 38.3 Å². The van der Waals surface area contributed by atoms with E-state index in [9.17, 15) is 18.0 Å². The van der Waals surface area contributed by atoms with Crippen molar-refractivity contribution < 1.29 is 22.7 Å². The van der Waals surface area contributed by atoms with Crippen LogP contribution in [-0.2, 0) is 16.7 Å². The lowest BCUT2D eigenvalue weighted by molar-refractivity contribution is -0.137. The minimum absolute atomic E-state index is 0.0228. The molecule has 0 radical (unpaired) electrons. The summed E-state index contributed by atoms with van der Waals surface area (Å²) in [7, 11) is 0. The Hall–Kier alpha value is -2.64. The summed E-state index contributed by atoms with van der Waals surface area (Å²) in [5.41, 5.74) is 0.858. The smallest absolute Gasteiger partial charge is 0.416 e. The van der Waals surface area contributed by atoms with Gasteiger partial charge in [0.15, 0.2) is 6.61 Å². The van der Waals surface area contributed by atoms with Gasteiger partial charge in [-0.25, -0.2) is 0 Å². The summed E-state index contributed by atoms with van der Waals surface area (Å²) in [6.45, 7) is -0.405. The van der Waals surface area contributed by atoms with Gasteiger partial charge in [-0.1, -0.05) is 41.9 Å². The van der Waals surface area contributed by atoms with Crippen LogP contribution in [0, 0.1) is 0 Å². The molecule has 1 N–H and O–H groups in total. The number of carbonyl (C=O) groups excluding carboxylic acids is 1. The number of anilines is 1. The molecule has 0 heterocycles. The summed E-state index contributed by atoms with van der Waals surface area (Å²) >= 11 is 7.44. The number of amides is 1. The molecule has 0 spiro atoms. The molecule has 3 aromatic carbocycles. The zero-order valence-electron chi connectivity index (χ0n) is 15.6. The van der Waals surface area contributed by atoms with Crippen molar-refractivity contribution >= 4 is 35.0 Å². The molecule has 0 aliphatic heterocycles. The number of hydrogen-bond acceptors (Lipinski definition) is 3. The van der Waals surface area contributed by atoms with Crippen LogP contribution in [0.15, 0.2) is 77.7 Å². The molecule has 0 unspecified atom stereocenters. The van der Waals surface area contributed by atoms with E-state index < -0.39 is 24.3 Å². The number of alkyl halides is 3. The molecule has 0 saturated heterocycles. The Balaban J connectivity index is 1.58. The minimum atomic E-state index is -4.47. The number of halogens is 4. The maximum absolute atomic E-state index is 12.8. The number of ether oxygens (including phenoxy) is 1. The van der Waals surface area contributed by atoms with Crippen molar-refractivity contribution in [3.63, 3.8) is 0 Å². The van der Waals surface area contributed by atoms with Crippen LogP contribution in [-0.4, -0.2) is 12.5 Å². The summed E-state index contributed by atoms with van der Waals surface area (Å²) in [6, 6.07) is 19.2. The Labute approximate surface area is 181 Å². The number of rotatable bonds is 7. The quantitative estimate of drug-likeness (QED) is 0.408. The van der Waals surface area contributed by atoms with E-state index in [4.69, 9.17) is 16.3 Å². The largest absolute Gasteiger partial charge is 0.484 e.